The topological polar surface area (TPSA) is 58.4 Å². The van der Waals surface area contributed by atoms with E-state index in [1.807, 2.05) is 41.5 Å². The highest BCUT2D eigenvalue weighted by atomic mass is 32.2. The van der Waals surface area contributed by atoms with Crippen LogP contribution in [-0.4, -0.2) is 29.3 Å². The van der Waals surface area contributed by atoms with Crippen molar-refractivity contribution >= 4 is 11.8 Å². The molecule has 0 atom stereocenters. The van der Waals surface area contributed by atoms with Crippen LogP contribution in [0, 0.1) is 10.1 Å². The van der Waals surface area contributed by atoms with Crippen molar-refractivity contribution in [3.8, 4) is 0 Å². The first kappa shape index (κ1) is 12.9. The van der Waals surface area contributed by atoms with E-state index in [2.05, 4.69) is 5.32 Å². The number of nitrogens with zero attached hydrogens (tertiary/aromatic N) is 2. The van der Waals surface area contributed by atoms with Crippen molar-refractivity contribution in [2.45, 2.75) is 6.54 Å². The summed E-state index contributed by atoms with van der Waals surface area (Å²) in [7, 11) is 0. The predicted octanol–water partition coefficient (Wildman–Crippen LogP) is 1.86. The predicted molar refractivity (Wildman–Crippen MR) is 72.4 cm³/mol. The van der Waals surface area contributed by atoms with E-state index in [1.165, 1.54) is 11.8 Å². The van der Waals surface area contributed by atoms with Crippen LogP contribution in [0.25, 0.3) is 0 Å². The number of rotatable bonds is 4. The molecule has 1 aliphatic rings. The molecule has 0 fully saturated rings. The average Bonchev–Trinajstić information content (AvgIpc) is 2.40. The summed E-state index contributed by atoms with van der Waals surface area (Å²) < 4.78 is 0. The first-order valence-electron chi connectivity index (χ1n) is 5.62. The second kappa shape index (κ2) is 5.88. The number of hydrogen-bond acceptors (Lipinski definition) is 5. The van der Waals surface area contributed by atoms with E-state index >= 15 is 0 Å². The van der Waals surface area contributed by atoms with Gasteiger partial charge in [0.25, 0.3) is 5.70 Å². The molecule has 1 aromatic carbocycles. The molecule has 1 aromatic rings. The quantitative estimate of drug-likeness (QED) is 0.665. The zero-order valence-corrected chi connectivity index (χ0v) is 10.9. The lowest BCUT2D eigenvalue weighted by Gasteiger charge is -2.27. The van der Waals surface area contributed by atoms with Gasteiger partial charge in [-0.15, -0.1) is 11.8 Å². The summed E-state index contributed by atoms with van der Waals surface area (Å²) in [4.78, 5) is 12.7. The average molecular weight is 265 g/mol. The SMILES string of the molecule is CSC1=C([N+](=O)[O-])CN(Cc2ccccc2)CN1. The van der Waals surface area contributed by atoms with E-state index in [9.17, 15) is 10.1 Å². The van der Waals surface area contributed by atoms with Gasteiger partial charge in [-0.25, -0.2) is 0 Å². The lowest BCUT2D eigenvalue weighted by Crippen LogP contribution is -2.41. The molecule has 96 valence electrons. The van der Waals surface area contributed by atoms with Crippen LogP contribution in [0.1, 0.15) is 5.56 Å². The Kier molecular flexibility index (Phi) is 4.22. The van der Waals surface area contributed by atoms with Crippen molar-refractivity contribution in [1.82, 2.24) is 10.2 Å². The van der Waals surface area contributed by atoms with Crippen molar-refractivity contribution in [1.29, 1.82) is 0 Å². The summed E-state index contributed by atoms with van der Waals surface area (Å²) in [5.41, 5.74) is 1.42. The second-order valence-corrected chi connectivity index (χ2v) is 4.86. The molecule has 6 heteroatoms. The molecule has 0 bridgehead atoms. The molecule has 0 radical (unpaired) electrons. The minimum atomic E-state index is -0.296. The second-order valence-electron chi connectivity index (χ2n) is 4.04. The summed E-state index contributed by atoms with van der Waals surface area (Å²) in [6, 6.07) is 9.97. The van der Waals surface area contributed by atoms with E-state index in [1.54, 1.807) is 0 Å². The fourth-order valence-corrected chi connectivity index (χ4v) is 2.49. The van der Waals surface area contributed by atoms with E-state index in [0.717, 1.165) is 5.56 Å². The Morgan fingerprint density at radius 3 is 2.78 bits per heavy atom. The van der Waals surface area contributed by atoms with Crippen LogP contribution in [0.5, 0.6) is 0 Å². The fourth-order valence-electron chi connectivity index (χ4n) is 1.91. The third kappa shape index (κ3) is 3.02. The van der Waals surface area contributed by atoms with Crippen LogP contribution in [0.2, 0.25) is 0 Å². The Morgan fingerprint density at radius 1 is 1.44 bits per heavy atom. The molecule has 1 N–H and O–H groups in total. The molecular weight excluding hydrogens is 250 g/mol. The van der Waals surface area contributed by atoms with E-state index in [4.69, 9.17) is 0 Å². The Labute approximate surface area is 110 Å². The van der Waals surface area contributed by atoms with Crippen LogP contribution >= 0.6 is 11.8 Å². The van der Waals surface area contributed by atoms with Crippen LogP contribution in [0.15, 0.2) is 41.1 Å². The lowest BCUT2D eigenvalue weighted by molar-refractivity contribution is -0.430. The summed E-state index contributed by atoms with van der Waals surface area (Å²) in [5.74, 6) is 0. The maximum absolute atomic E-state index is 11.0. The van der Waals surface area contributed by atoms with E-state index in [0.29, 0.717) is 24.8 Å². The van der Waals surface area contributed by atoms with Crippen molar-refractivity contribution in [2.24, 2.45) is 0 Å². The highest BCUT2D eigenvalue weighted by molar-refractivity contribution is 8.02. The summed E-state index contributed by atoms with van der Waals surface area (Å²) in [6.45, 7) is 1.74. The molecule has 1 heterocycles. The monoisotopic (exact) mass is 265 g/mol. The third-order valence-electron chi connectivity index (χ3n) is 2.77. The highest BCUT2D eigenvalue weighted by Gasteiger charge is 2.26. The number of nitrogens with one attached hydrogen (secondary N) is 1. The first-order valence-corrected chi connectivity index (χ1v) is 6.85. The van der Waals surface area contributed by atoms with Crippen molar-refractivity contribution in [3.05, 3.63) is 56.7 Å². The van der Waals surface area contributed by atoms with Gasteiger partial charge in [-0.3, -0.25) is 15.0 Å². The Morgan fingerprint density at radius 2 is 2.17 bits per heavy atom. The highest BCUT2D eigenvalue weighted by Crippen LogP contribution is 2.20. The molecule has 0 aromatic heterocycles. The first-order chi connectivity index (χ1) is 8.70. The maximum atomic E-state index is 11.0. The lowest BCUT2D eigenvalue weighted by atomic mass is 10.2. The molecular formula is C12H15N3O2S. The molecule has 0 aliphatic carbocycles. The van der Waals surface area contributed by atoms with Crippen molar-refractivity contribution < 1.29 is 4.92 Å². The smallest absolute Gasteiger partial charge is 0.289 e. The van der Waals surface area contributed by atoms with Gasteiger partial charge in [-0.1, -0.05) is 30.3 Å². The van der Waals surface area contributed by atoms with Gasteiger partial charge in [-0.05, 0) is 11.8 Å². The molecule has 0 saturated carbocycles. The summed E-state index contributed by atoms with van der Waals surface area (Å²) in [6.07, 6.45) is 1.85. The number of benzene rings is 1. The molecule has 1 aliphatic heterocycles. The fraction of sp³-hybridized carbons (Fsp3) is 0.333. The summed E-state index contributed by atoms with van der Waals surface area (Å²) >= 11 is 1.39. The number of hydrogen-bond donors (Lipinski definition) is 1. The normalized spacial score (nSPS) is 16.5. The van der Waals surface area contributed by atoms with Gasteiger partial charge in [0.2, 0.25) is 0 Å². The molecule has 0 saturated heterocycles. The van der Waals surface area contributed by atoms with Crippen LogP contribution in [-0.2, 0) is 6.54 Å². The third-order valence-corrected chi connectivity index (χ3v) is 3.56. The standard InChI is InChI=1S/C12H15N3O2S/c1-18-12-11(15(16)17)8-14(9-13-12)7-10-5-3-2-4-6-10/h2-6,13H,7-9H2,1H3. The molecule has 2 rings (SSSR count). The molecule has 5 nitrogen and oxygen atoms in total. The van der Waals surface area contributed by atoms with E-state index < -0.39 is 0 Å². The zero-order valence-electron chi connectivity index (χ0n) is 10.1. The van der Waals surface area contributed by atoms with Crippen molar-refractivity contribution in [3.63, 3.8) is 0 Å². The zero-order chi connectivity index (χ0) is 13.0. The van der Waals surface area contributed by atoms with Gasteiger partial charge in [0.15, 0.2) is 0 Å². The van der Waals surface area contributed by atoms with Crippen LogP contribution in [0.4, 0.5) is 0 Å². The van der Waals surface area contributed by atoms with Crippen LogP contribution < -0.4 is 5.32 Å². The van der Waals surface area contributed by atoms with Crippen molar-refractivity contribution in [2.75, 3.05) is 19.5 Å². The van der Waals surface area contributed by atoms with Gasteiger partial charge in [-0.2, -0.15) is 0 Å². The van der Waals surface area contributed by atoms with Gasteiger partial charge in [0, 0.05) is 6.54 Å². The minimum absolute atomic E-state index is 0.254. The van der Waals surface area contributed by atoms with Gasteiger partial charge in [0.1, 0.15) is 5.03 Å². The maximum Gasteiger partial charge on any atom is 0.289 e. The Balaban J connectivity index is 2.07. The molecule has 0 spiro atoms. The van der Waals surface area contributed by atoms with Crippen LogP contribution in [0.3, 0.4) is 0 Å². The Hall–Kier alpha value is -1.53. The number of thioether (sulfide) groups is 1. The van der Waals surface area contributed by atoms with Gasteiger partial charge in [0.05, 0.1) is 18.1 Å². The Bertz CT molecular complexity index is 462. The minimum Gasteiger partial charge on any atom is -0.362 e. The summed E-state index contributed by atoms with van der Waals surface area (Å²) in [5, 5.41) is 14.8. The largest absolute Gasteiger partial charge is 0.362 e. The molecule has 0 unspecified atom stereocenters. The molecule has 18 heavy (non-hydrogen) atoms. The van der Waals surface area contributed by atoms with E-state index in [-0.39, 0.29) is 10.6 Å². The number of nitro groups is 1. The molecule has 0 amide bonds. The van der Waals surface area contributed by atoms with Gasteiger partial charge < -0.3 is 5.32 Å². The van der Waals surface area contributed by atoms with Gasteiger partial charge >= 0.3 is 0 Å².